The van der Waals surface area contributed by atoms with Crippen molar-refractivity contribution >= 4 is 12.0 Å². The van der Waals surface area contributed by atoms with E-state index in [1.807, 2.05) is 0 Å². The lowest BCUT2D eigenvalue weighted by molar-refractivity contribution is -0.120. The number of ether oxygens (including phenoxy) is 1. The third-order valence-corrected chi connectivity index (χ3v) is 1.69. The van der Waals surface area contributed by atoms with Crippen molar-refractivity contribution in [3.63, 3.8) is 0 Å². The molecule has 17 heavy (non-hydrogen) atoms. The van der Waals surface area contributed by atoms with Gasteiger partial charge in [-0.1, -0.05) is 6.08 Å². The highest BCUT2D eigenvalue weighted by Gasteiger charge is 2.15. The summed E-state index contributed by atoms with van der Waals surface area (Å²) >= 11 is 0. The van der Waals surface area contributed by atoms with Crippen molar-refractivity contribution in [2.75, 3.05) is 13.1 Å². The van der Waals surface area contributed by atoms with Crippen LogP contribution in [0.1, 0.15) is 33.6 Å². The zero-order valence-corrected chi connectivity index (χ0v) is 10.8. The van der Waals surface area contributed by atoms with Crippen LogP contribution in [0.3, 0.4) is 0 Å². The highest BCUT2D eigenvalue weighted by Crippen LogP contribution is 2.05. The van der Waals surface area contributed by atoms with Crippen LogP contribution in [0.2, 0.25) is 0 Å². The third-order valence-electron chi connectivity index (χ3n) is 1.69. The molecular formula is C12H22N2O3. The lowest BCUT2D eigenvalue weighted by Gasteiger charge is -2.19. The summed E-state index contributed by atoms with van der Waals surface area (Å²) in [5, 5.41) is 5.23. The number of carbonyl (C=O) groups excluding carboxylic acids is 2. The summed E-state index contributed by atoms with van der Waals surface area (Å²) in [6.07, 6.45) is 2.30. The number of hydrogen-bond donors (Lipinski definition) is 2. The van der Waals surface area contributed by atoms with E-state index in [0.29, 0.717) is 25.9 Å². The van der Waals surface area contributed by atoms with Gasteiger partial charge < -0.3 is 15.4 Å². The monoisotopic (exact) mass is 242 g/mol. The van der Waals surface area contributed by atoms with Crippen LogP contribution in [-0.2, 0) is 9.53 Å². The zero-order valence-electron chi connectivity index (χ0n) is 10.8. The van der Waals surface area contributed by atoms with Crippen LogP contribution in [-0.4, -0.2) is 30.7 Å². The highest BCUT2D eigenvalue weighted by molar-refractivity contribution is 5.76. The summed E-state index contributed by atoms with van der Waals surface area (Å²) in [4.78, 5) is 22.4. The van der Waals surface area contributed by atoms with Gasteiger partial charge in [-0.15, -0.1) is 6.58 Å². The number of amides is 2. The van der Waals surface area contributed by atoms with E-state index < -0.39 is 11.7 Å². The summed E-state index contributed by atoms with van der Waals surface area (Å²) in [6, 6.07) is 0. The second kappa shape index (κ2) is 7.70. The predicted octanol–water partition coefficient (Wildman–Crippen LogP) is 1.59. The van der Waals surface area contributed by atoms with Crippen molar-refractivity contribution in [3.8, 4) is 0 Å². The van der Waals surface area contributed by atoms with E-state index in [2.05, 4.69) is 17.2 Å². The number of carbonyl (C=O) groups is 2. The van der Waals surface area contributed by atoms with Gasteiger partial charge in [-0.05, 0) is 27.2 Å². The molecule has 0 aliphatic heterocycles. The molecular weight excluding hydrogens is 220 g/mol. The van der Waals surface area contributed by atoms with Crippen LogP contribution in [0, 0.1) is 0 Å². The lowest BCUT2D eigenvalue weighted by atomic mass is 10.2. The highest BCUT2D eigenvalue weighted by atomic mass is 16.6. The minimum atomic E-state index is -0.503. The Morgan fingerprint density at radius 2 is 1.82 bits per heavy atom. The maximum absolute atomic E-state index is 11.2. The van der Waals surface area contributed by atoms with Gasteiger partial charge in [0.1, 0.15) is 5.60 Å². The normalized spacial score (nSPS) is 10.5. The van der Waals surface area contributed by atoms with Gasteiger partial charge in [0, 0.05) is 19.5 Å². The van der Waals surface area contributed by atoms with Crippen LogP contribution in [0.25, 0.3) is 0 Å². The molecule has 0 spiro atoms. The van der Waals surface area contributed by atoms with Crippen molar-refractivity contribution < 1.29 is 14.3 Å². The Kier molecular flexibility index (Phi) is 7.02. The molecule has 2 N–H and O–H groups in total. The molecule has 0 unspecified atom stereocenters. The fourth-order valence-corrected chi connectivity index (χ4v) is 1.00. The van der Waals surface area contributed by atoms with E-state index in [0.717, 1.165) is 0 Å². The maximum Gasteiger partial charge on any atom is 0.407 e. The Morgan fingerprint density at radius 3 is 2.35 bits per heavy atom. The van der Waals surface area contributed by atoms with Crippen LogP contribution in [0.5, 0.6) is 0 Å². The van der Waals surface area contributed by atoms with E-state index in [9.17, 15) is 9.59 Å². The first kappa shape index (κ1) is 15.5. The Hall–Kier alpha value is -1.52. The first-order valence-corrected chi connectivity index (χ1v) is 5.69. The summed E-state index contributed by atoms with van der Waals surface area (Å²) in [5.41, 5.74) is -0.503. The van der Waals surface area contributed by atoms with Gasteiger partial charge in [0.15, 0.2) is 0 Å². The van der Waals surface area contributed by atoms with E-state index >= 15 is 0 Å². The van der Waals surface area contributed by atoms with Crippen molar-refractivity contribution in [1.82, 2.24) is 10.6 Å². The van der Waals surface area contributed by atoms with Crippen LogP contribution < -0.4 is 10.6 Å². The summed E-state index contributed by atoms with van der Waals surface area (Å²) < 4.78 is 5.03. The van der Waals surface area contributed by atoms with Gasteiger partial charge in [-0.2, -0.15) is 0 Å². The smallest absolute Gasteiger partial charge is 0.407 e. The van der Waals surface area contributed by atoms with E-state index in [1.165, 1.54) is 0 Å². The molecule has 0 aromatic heterocycles. The average Bonchev–Trinajstić information content (AvgIpc) is 2.19. The summed E-state index contributed by atoms with van der Waals surface area (Å²) in [5.74, 6) is -0.0455. The van der Waals surface area contributed by atoms with Crippen LogP contribution in [0.15, 0.2) is 12.7 Å². The van der Waals surface area contributed by atoms with Gasteiger partial charge >= 0.3 is 6.09 Å². The first-order chi connectivity index (χ1) is 7.85. The number of hydrogen-bond acceptors (Lipinski definition) is 3. The lowest BCUT2D eigenvalue weighted by Crippen LogP contribution is -2.37. The predicted molar refractivity (Wildman–Crippen MR) is 66.7 cm³/mol. The fraction of sp³-hybridized carbons (Fsp3) is 0.667. The Balaban J connectivity index is 3.54. The molecule has 98 valence electrons. The summed E-state index contributed by atoms with van der Waals surface area (Å²) in [7, 11) is 0. The molecule has 0 aromatic carbocycles. The van der Waals surface area contributed by atoms with Crippen molar-refractivity contribution in [2.45, 2.75) is 39.2 Å². The van der Waals surface area contributed by atoms with E-state index in [1.54, 1.807) is 26.8 Å². The summed E-state index contributed by atoms with van der Waals surface area (Å²) in [6.45, 7) is 9.67. The third kappa shape index (κ3) is 10.8. The van der Waals surface area contributed by atoms with Gasteiger partial charge in [-0.25, -0.2) is 4.79 Å². The molecule has 0 atom stereocenters. The topological polar surface area (TPSA) is 67.4 Å². The Bertz CT molecular complexity index is 269. The number of alkyl carbamates (subject to hydrolysis) is 1. The molecule has 0 rings (SSSR count). The molecule has 0 fully saturated rings. The Labute approximate surface area is 103 Å². The second-order valence-corrected chi connectivity index (χ2v) is 4.61. The molecule has 0 aliphatic rings. The Morgan fingerprint density at radius 1 is 1.24 bits per heavy atom. The molecule has 0 aliphatic carbocycles. The van der Waals surface area contributed by atoms with Gasteiger partial charge in [0.25, 0.3) is 0 Å². The molecule has 0 saturated heterocycles. The molecule has 0 bridgehead atoms. The molecule has 5 heteroatoms. The standard InChI is InChI=1S/C12H22N2O3/c1-5-6-7-10(15)13-8-9-14-11(16)17-12(2,3)4/h5H,1,6-9H2,2-4H3,(H,13,15)(H,14,16). The van der Waals surface area contributed by atoms with Crippen molar-refractivity contribution in [2.24, 2.45) is 0 Å². The molecule has 0 radical (unpaired) electrons. The molecule has 0 saturated carbocycles. The minimum Gasteiger partial charge on any atom is -0.444 e. The average molecular weight is 242 g/mol. The van der Waals surface area contributed by atoms with Gasteiger partial charge in [0.05, 0.1) is 0 Å². The van der Waals surface area contributed by atoms with Crippen molar-refractivity contribution in [3.05, 3.63) is 12.7 Å². The van der Waals surface area contributed by atoms with Crippen LogP contribution in [0.4, 0.5) is 4.79 Å². The number of nitrogens with one attached hydrogen (secondary N) is 2. The largest absolute Gasteiger partial charge is 0.444 e. The molecule has 2 amide bonds. The van der Waals surface area contributed by atoms with E-state index in [4.69, 9.17) is 4.74 Å². The maximum atomic E-state index is 11.2. The fourth-order valence-electron chi connectivity index (χ4n) is 1.00. The number of allylic oxidation sites excluding steroid dienone is 1. The zero-order chi connectivity index (χ0) is 13.3. The first-order valence-electron chi connectivity index (χ1n) is 5.69. The van der Waals surface area contributed by atoms with Gasteiger partial charge in [-0.3, -0.25) is 4.79 Å². The van der Waals surface area contributed by atoms with Crippen molar-refractivity contribution in [1.29, 1.82) is 0 Å². The molecule has 5 nitrogen and oxygen atoms in total. The van der Waals surface area contributed by atoms with Crippen LogP contribution >= 0.6 is 0 Å². The molecule has 0 heterocycles. The number of rotatable bonds is 6. The SMILES string of the molecule is C=CCCC(=O)NCCNC(=O)OC(C)(C)C. The van der Waals surface area contributed by atoms with E-state index in [-0.39, 0.29) is 5.91 Å². The second-order valence-electron chi connectivity index (χ2n) is 4.61. The minimum absolute atomic E-state index is 0.0455. The quantitative estimate of drug-likeness (QED) is 0.549. The molecule has 0 aromatic rings. The van der Waals surface area contributed by atoms with Gasteiger partial charge in [0.2, 0.25) is 5.91 Å².